The number of pyridine rings is 1. The van der Waals surface area contributed by atoms with Gasteiger partial charge in [-0.1, -0.05) is 0 Å². The summed E-state index contributed by atoms with van der Waals surface area (Å²) in [4.78, 5) is 25.2. The van der Waals surface area contributed by atoms with Crippen molar-refractivity contribution < 1.29 is 14.8 Å². The Hall–Kier alpha value is -2.77. The minimum atomic E-state index is -1.10. The van der Waals surface area contributed by atoms with Crippen molar-refractivity contribution in [3.63, 3.8) is 0 Å². The fourth-order valence-corrected chi connectivity index (χ4v) is 1.79. The zero-order valence-electron chi connectivity index (χ0n) is 10.2. The summed E-state index contributed by atoms with van der Waals surface area (Å²) in [6.45, 7) is 3.05. The molecule has 0 atom stereocenters. The van der Waals surface area contributed by atoms with Crippen LogP contribution in [-0.2, 0) is 0 Å². The molecule has 8 heteroatoms. The van der Waals surface area contributed by atoms with Gasteiger partial charge in [0.25, 0.3) is 0 Å². The Labute approximate surface area is 107 Å². The zero-order chi connectivity index (χ0) is 14.2. The molecule has 2 heterocycles. The summed E-state index contributed by atoms with van der Waals surface area (Å²) in [5.74, 6) is -0.867. The molecule has 0 aliphatic rings. The Morgan fingerprint density at radius 2 is 2.16 bits per heavy atom. The summed E-state index contributed by atoms with van der Waals surface area (Å²) in [5, 5.41) is 23.8. The third kappa shape index (κ3) is 2.15. The molecule has 0 aliphatic carbocycles. The number of nitro groups is 1. The van der Waals surface area contributed by atoms with E-state index in [1.165, 1.54) is 36.9 Å². The van der Waals surface area contributed by atoms with Crippen LogP contribution in [0.25, 0.3) is 5.82 Å². The van der Waals surface area contributed by atoms with Crippen LogP contribution in [0.3, 0.4) is 0 Å². The second-order valence-corrected chi connectivity index (χ2v) is 3.90. The van der Waals surface area contributed by atoms with Crippen molar-refractivity contribution >= 4 is 11.7 Å². The topological polar surface area (TPSA) is 111 Å². The quantitative estimate of drug-likeness (QED) is 0.662. The molecule has 0 spiro atoms. The number of hydrogen-bond donors (Lipinski definition) is 1. The molecule has 19 heavy (non-hydrogen) atoms. The summed E-state index contributed by atoms with van der Waals surface area (Å²) in [6, 6.07) is 2.65. The lowest BCUT2D eigenvalue weighted by Gasteiger charge is -2.03. The van der Waals surface area contributed by atoms with E-state index in [2.05, 4.69) is 10.1 Å². The SMILES string of the molecule is Cc1nn(-c2cc(C(=O)O)ccn2)c(C)c1[N+](=O)[O-]. The van der Waals surface area contributed by atoms with Crippen LogP contribution in [0.4, 0.5) is 5.69 Å². The van der Waals surface area contributed by atoms with Crippen LogP contribution in [0.1, 0.15) is 21.7 Å². The van der Waals surface area contributed by atoms with Gasteiger partial charge in [0.1, 0.15) is 11.4 Å². The van der Waals surface area contributed by atoms with Crippen molar-refractivity contribution in [2.75, 3.05) is 0 Å². The van der Waals surface area contributed by atoms with Crippen LogP contribution < -0.4 is 0 Å². The second-order valence-electron chi connectivity index (χ2n) is 3.90. The number of aromatic carboxylic acids is 1. The number of carboxylic acid groups (broad SMARTS) is 1. The van der Waals surface area contributed by atoms with Crippen LogP contribution in [0.2, 0.25) is 0 Å². The number of carbonyl (C=O) groups is 1. The highest BCUT2D eigenvalue weighted by atomic mass is 16.6. The standard InChI is InChI=1S/C11H10N4O4/c1-6-10(15(18)19)7(2)14(13-6)9-5-8(11(16)17)3-4-12-9/h3-5H,1-2H3,(H,16,17). The molecule has 2 aromatic rings. The van der Waals surface area contributed by atoms with E-state index < -0.39 is 10.9 Å². The van der Waals surface area contributed by atoms with Gasteiger partial charge in [0, 0.05) is 6.20 Å². The van der Waals surface area contributed by atoms with Gasteiger partial charge in [-0.2, -0.15) is 5.10 Å². The molecule has 2 aromatic heterocycles. The molecule has 0 fully saturated rings. The minimum absolute atomic E-state index is 0.0419. The third-order valence-corrected chi connectivity index (χ3v) is 2.65. The Balaban J connectivity index is 2.60. The average Bonchev–Trinajstić information content (AvgIpc) is 2.65. The average molecular weight is 262 g/mol. The van der Waals surface area contributed by atoms with E-state index in [1.54, 1.807) is 0 Å². The van der Waals surface area contributed by atoms with Gasteiger partial charge in [0.05, 0.1) is 10.5 Å². The van der Waals surface area contributed by atoms with E-state index in [9.17, 15) is 14.9 Å². The maximum Gasteiger partial charge on any atom is 0.335 e. The second kappa shape index (κ2) is 4.48. The molecule has 0 saturated heterocycles. The van der Waals surface area contributed by atoms with Crippen molar-refractivity contribution in [1.29, 1.82) is 0 Å². The number of rotatable bonds is 3. The summed E-state index contributed by atoms with van der Waals surface area (Å²) in [5.41, 5.74) is 0.505. The van der Waals surface area contributed by atoms with Gasteiger partial charge in [-0.05, 0) is 26.0 Å². The summed E-state index contributed by atoms with van der Waals surface area (Å²) in [6.07, 6.45) is 1.32. The maximum absolute atomic E-state index is 10.9. The smallest absolute Gasteiger partial charge is 0.335 e. The van der Waals surface area contributed by atoms with Crippen LogP contribution in [0, 0.1) is 24.0 Å². The molecule has 8 nitrogen and oxygen atoms in total. The first-order valence-corrected chi connectivity index (χ1v) is 5.32. The van der Waals surface area contributed by atoms with Crippen LogP contribution >= 0.6 is 0 Å². The molecule has 0 saturated carbocycles. The lowest BCUT2D eigenvalue weighted by molar-refractivity contribution is -0.386. The van der Waals surface area contributed by atoms with Gasteiger partial charge >= 0.3 is 11.7 Å². The maximum atomic E-state index is 10.9. The van der Waals surface area contributed by atoms with Crippen LogP contribution in [-0.4, -0.2) is 30.8 Å². The molecule has 1 N–H and O–H groups in total. The Bertz CT molecular complexity index is 677. The van der Waals surface area contributed by atoms with Gasteiger partial charge in [-0.15, -0.1) is 0 Å². The molecule has 0 radical (unpaired) electrons. The normalized spacial score (nSPS) is 10.4. The molecular formula is C11H10N4O4. The summed E-state index contributed by atoms with van der Waals surface area (Å²) in [7, 11) is 0. The van der Waals surface area contributed by atoms with Gasteiger partial charge in [0.2, 0.25) is 0 Å². The largest absolute Gasteiger partial charge is 0.478 e. The van der Waals surface area contributed by atoms with Crippen molar-refractivity contribution in [3.8, 4) is 5.82 Å². The predicted octanol–water partition coefficient (Wildman–Crippen LogP) is 1.49. The first-order chi connectivity index (χ1) is 8.91. The van der Waals surface area contributed by atoms with Gasteiger partial charge in [-0.3, -0.25) is 10.1 Å². The number of nitrogens with zero attached hydrogens (tertiary/aromatic N) is 4. The third-order valence-electron chi connectivity index (χ3n) is 2.65. The first-order valence-electron chi connectivity index (χ1n) is 5.32. The van der Waals surface area contributed by atoms with Gasteiger partial charge < -0.3 is 5.11 Å². The van der Waals surface area contributed by atoms with E-state index in [0.717, 1.165) is 0 Å². The minimum Gasteiger partial charge on any atom is -0.478 e. The molecule has 2 rings (SSSR count). The Morgan fingerprint density at radius 3 is 2.68 bits per heavy atom. The highest BCUT2D eigenvalue weighted by Crippen LogP contribution is 2.24. The molecule has 0 amide bonds. The molecule has 0 aliphatic heterocycles. The van der Waals surface area contributed by atoms with Crippen molar-refractivity contribution in [2.45, 2.75) is 13.8 Å². The molecule has 0 unspecified atom stereocenters. The molecular weight excluding hydrogens is 252 g/mol. The van der Waals surface area contributed by atoms with E-state index in [4.69, 9.17) is 5.11 Å². The highest BCUT2D eigenvalue weighted by Gasteiger charge is 2.23. The molecule has 98 valence electrons. The van der Waals surface area contributed by atoms with Gasteiger partial charge in [-0.25, -0.2) is 14.5 Å². The summed E-state index contributed by atoms with van der Waals surface area (Å²) >= 11 is 0. The fourth-order valence-electron chi connectivity index (χ4n) is 1.79. The van der Waals surface area contributed by atoms with Gasteiger partial charge in [0.15, 0.2) is 5.82 Å². The van der Waals surface area contributed by atoms with E-state index in [1.807, 2.05) is 0 Å². The summed E-state index contributed by atoms with van der Waals surface area (Å²) < 4.78 is 1.26. The number of aryl methyl sites for hydroxylation is 1. The van der Waals surface area contributed by atoms with Crippen LogP contribution in [0.15, 0.2) is 18.3 Å². The molecule has 0 aromatic carbocycles. The molecule has 0 bridgehead atoms. The Kier molecular flexibility index (Phi) is 2.99. The zero-order valence-corrected chi connectivity index (χ0v) is 10.2. The monoisotopic (exact) mass is 262 g/mol. The lowest BCUT2D eigenvalue weighted by atomic mass is 10.2. The number of carboxylic acids is 1. The van der Waals surface area contributed by atoms with E-state index in [0.29, 0.717) is 5.69 Å². The Morgan fingerprint density at radius 1 is 1.47 bits per heavy atom. The predicted molar refractivity (Wildman–Crippen MR) is 64.4 cm³/mol. The fraction of sp³-hybridized carbons (Fsp3) is 0.182. The first kappa shape index (κ1) is 12.7. The van der Waals surface area contributed by atoms with E-state index in [-0.39, 0.29) is 22.8 Å². The highest BCUT2D eigenvalue weighted by molar-refractivity contribution is 5.87. The van der Waals surface area contributed by atoms with Crippen LogP contribution in [0.5, 0.6) is 0 Å². The van der Waals surface area contributed by atoms with Crippen molar-refractivity contribution in [1.82, 2.24) is 14.8 Å². The van der Waals surface area contributed by atoms with Crippen molar-refractivity contribution in [2.24, 2.45) is 0 Å². The lowest BCUT2D eigenvalue weighted by Crippen LogP contribution is -2.05. The number of hydrogen-bond acceptors (Lipinski definition) is 5. The van der Waals surface area contributed by atoms with Crippen molar-refractivity contribution in [3.05, 3.63) is 45.4 Å². The number of aromatic nitrogens is 3. The van der Waals surface area contributed by atoms with E-state index >= 15 is 0 Å².